The fourth-order valence-electron chi connectivity index (χ4n) is 2.86. The van der Waals surface area contributed by atoms with Crippen LogP contribution in [0.25, 0.3) is 0 Å². The third-order valence-corrected chi connectivity index (χ3v) is 3.72. The lowest BCUT2D eigenvalue weighted by Crippen LogP contribution is -2.58. The van der Waals surface area contributed by atoms with Crippen LogP contribution in [0.2, 0.25) is 0 Å². The molecule has 12 heavy (non-hydrogen) atoms. The van der Waals surface area contributed by atoms with Gasteiger partial charge in [0, 0.05) is 0 Å². The van der Waals surface area contributed by atoms with Gasteiger partial charge >= 0.3 is 0 Å². The number of fused-ring (bicyclic) bond motifs is 3. The summed E-state index contributed by atoms with van der Waals surface area (Å²) in [7, 11) is 0. The van der Waals surface area contributed by atoms with Crippen LogP contribution in [0.5, 0.6) is 0 Å². The van der Waals surface area contributed by atoms with E-state index >= 15 is 0 Å². The Balaban J connectivity index is 2.27. The predicted octanol–water partition coefficient (Wildman–Crippen LogP) is 2.32. The lowest BCUT2D eigenvalue weighted by atomic mass is 9.69. The lowest BCUT2D eigenvalue weighted by molar-refractivity contribution is -0.0671. The Morgan fingerprint density at radius 1 is 1.25 bits per heavy atom. The summed E-state index contributed by atoms with van der Waals surface area (Å²) in [4.78, 5) is 10.6. The van der Waals surface area contributed by atoms with Crippen LogP contribution >= 0.6 is 0 Å². The molecule has 0 atom stereocenters. The summed E-state index contributed by atoms with van der Waals surface area (Å²) >= 11 is 0. The molecule has 3 fully saturated rings. The van der Waals surface area contributed by atoms with Gasteiger partial charge in [-0.2, -0.15) is 0 Å². The van der Waals surface area contributed by atoms with Crippen molar-refractivity contribution in [3.63, 3.8) is 0 Å². The minimum Gasteiger partial charge on any atom is -0.252 e. The minimum absolute atomic E-state index is 0.0168. The average Bonchev–Trinajstić information content (AvgIpc) is 2.05. The van der Waals surface area contributed by atoms with E-state index in [4.69, 9.17) is 0 Å². The van der Waals surface area contributed by atoms with Gasteiger partial charge in [-0.3, -0.25) is 5.01 Å². The number of hydrogen-bond donors (Lipinski definition) is 0. The number of piperidine rings is 2. The molecule has 68 valence electrons. The Bertz CT molecular complexity index is 195. The quantitative estimate of drug-likeness (QED) is 0.563. The molecule has 2 bridgehead atoms. The highest BCUT2D eigenvalue weighted by Crippen LogP contribution is 2.45. The van der Waals surface area contributed by atoms with E-state index in [1.165, 1.54) is 25.7 Å². The van der Waals surface area contributed by atoms with Crippen LogP contribution in [-0.2, 0) is 0 Å². The molecule has 0 amide bonds. The van der Waals surface area contributed by atoms with E-state index in [2.05, 4.69) is 19.1 Å². The number of nitrogens with zero attached hydrogens (tertiary/aromatic N) is 2. The molecule has 3 heteroatoms. The highest BCUT2D eigenvalue weighted by Gasteiger charge is 2.47. The van der Waals surface area contributed by atoms with E-state index in [-0.39, 0.29) is 5.54 Å². The smallest absolute Gasteiger partial charge is 0.0586 e. The van der Waals surface area contributed by atoms with Crippen LogP contribution in [0.4, 0.5) is 0 Å². The topological polar surface area (TPSA) is 32.7 Å². The van der Waals surface area contributed by atoms with Gasteiger partial charge < -0.3 is 0 Å². The molecule has 2 heterocycles. The van der Waals surface area contributed by atoms with Crippen molar-refractivity contribution in [2.45, 2.75) is 51.1 Å². The second-order valence-electron chi connectivity index (χ2n) is 4.59. The Morgan fingerprint density at radius 2 is 1.83 bits per heavy atom. The van der Waals surface area contributed by atoms with Crippen molar-refractivity contribution in [3.05, 3.63) is 4.91 Å². The van der Waals surface area contributed by atoms with Gasteiger partial charge in [-0.15, -0.1) is 4.91 Å². The predicted molar refractivity (Wildman–Crippen MR) is 47.5 cm³/mol. The van der Waals surface area contributed by atoms with Gasteiger partial charge in [-0.05, 0) is 45.4 Å². The van der Waals surface area contributed by atoms with Crippen molar-refractivity contribution < 1.29 is 0 Å². The van der Waals surface area contributed by atoms with Crippen molar-refractivity contribution >= 4 is 0 Å². The molecular formula is C9H16N2O. The summed E-state index contributed by atoms with van der Waals surface area (Å²) in [6, 6.07) is 0.433. The van der Waals surface area contributed by atoms with Gasteiger partial charge in [0.05, 0.1) is 16.9 Å². The van der Waals surface area contributed by atoms with Crippen molar-refractivity contribution in [2.24, 2.45) is 11.2 Å². The third-order valence-electron chi connectivity index (χ3n) is 3.72. The molecule has 0 unspecified atom stereocenters. The van der Waals surface area contributed by atoms with Gasteiger partial charge in [0.15, 0.2) is 0 Å². The monoisotopic (exact) mass is 168 g/mol. The number of nitroso groups, excluding NO2 is 1. The second kappa shape index (κ2) is 2.44. The summed E-state index contributed by atoms with van der Waals surface area (Å²) in [5, 5.41) is 4.96. The molecule has 3 rings (SSSR count). The third kappa shape index (κ3) is 0.883. The molecule has 1 aliphatic carbocycles. The SMILES string of the molecule is CC1(C)C2CCC(CC2)N1N=O. The Morgan fingerprint density at radius 3 is 2.17 bits per heavy atom. The van der Waals surface area contributed by atoms with Crippen LogP contribution in [0, 0.1) is 10.8 Å². The fourth-order valence-corrected chi connectivity index (χ4v) is 2.86. The first-order chi connectivity index (χ1) is 5.66. The largest absolute Gasteiger partial charge is 0.252 e. The average molecular weight is 168 g/mol. The molecule has 3 aliphatic rings. The molecular weight excluding hydrogens is 152 g/mol. The number of hydrogen-bond acceptors (Lipinski definition) is 2. The first kappa shape index (κ1) is 8.02. The van der Waals surface area contributed by atoms with E-state index in [9.17, 15) is 4.91 Å². The Hall–Kier alpha value is -0.600. The Kier molecular flexibility index (Phi) is 1.63. The van der Waals surface area contributed by atoms with E-state index in [0.29, 0.717) is 12.0 Å². The van der Waals surface area contributed by atoms with E-state index < -0.39 is 0 Å². The molecule has 1 saturated carbocycles. The lowest BCUT2D eigenvalue weighted by Gasteiger charge is -2.53. The maximum absolute atomic E-state index is 10.6. The van der Waals surface area contributed by atoms with Gasteiger partial charge in [-0.25, -0.2) is 0 Å². The normalized spacial score (nSPS) is 38.3. The molecule has 3 nitrogen and oxygen atoms in total. The molecule has 2 aliphatic heterocycles. The van der Waals surface area contributed by atoms with Crippen LogP contribution < -0.4 is 0 Å². The summed E-state index contributed by atoms with van der Waals surface area (Å²) < 4.78 is 0. The van der Waals surface area contributed by atoms with Crippen molar-refractivity contribution in [1.82, 2.24) is 5.01 Å². The molecule has 0 aromatic carbocycles. The fraction of sp³-hybridized carbons (Fsp3) is 1.00. The van der Waals surface area contributed by atoms with Gasteiger partial charge in [0.2, 0.25) is 0 Å². The molecule has 0 radical (unpaired) electrons. The highest BCUT2D eigenvalue weighted by molar-refractivity contribution is 4.99. The van der Waals surface area contributed by atoms with Gasteiger partial charge in [0.1, 0.15) is 0 Å². The van der Waals surface area contributed by atoms with Crippen LogP contribution in [-0.4, -0.2) is 16.6 Å². The first-order valence-electron chi connectivity index (χ1n) is 4.79. The van der Waals surface area contributed by atoms with Crippen LogP contribution in [0.1, 0.15) is 39.5 Å². The summed E-state index contributed by atoms with van der Waals surface area (Å²) in [5.74, 6) is 0.681. The first-order valence-corrected chi connectivity index (χ1v) is 4.79. The molecule has 0 aromatic rings. The number of rotatable bonds is 1. The van der Waals surface area contributed by atoms with Gasteiger partial charge in [-0.1, -0.05) is 0 Å². The highest BCUT2D eigenvalue weighted by atomic mass is 16.3. The zero-order valence-corrected chi connectivity index (χ0v) is 7.79. The molecule has 0 N–H and O–H groups in total. The van der Waals surface area contributed by atoms with E-state index in [0.717, 1.165) is 0 Å². The van der Waals surface area contributed by atoms with Crippen molar-refractivity contribution in [2.75, 3.05) is 0 Å². The summed E-state index contributed by atoms with van der Waals surface area (Å²) in [5.41, 5.74) is 0.0168. The summed E-state index contributed by atoms with van der Waals surface area (Å²) in [6.07, 6.45) is 4.90. The van der Waals surface area contributed by atoms with Crippen molar-refractivity contribution in [3.8, 4) is 0 Å². The second-order valence-corrected chi connectivity index (χ2v) is 4.59. The molecule has 0 aromatic heterocycles. The summed E-state index contributed by atoms with van der Waals surface area (Å²) in [6.45, 7) is 4.29. The zero-order chi connectivity index (χ0) is 8.77. The minimum atomic E-state index is 0.0168. The maximum Gasteiger partial charge on any atom is 0.0586 e. The zero-order valence-electron chi connectivity index (χ0n) is 7.79. The standard InChI is InChI=1S/C9H16N2O/c1-9(2)7-3-5-8(6-4-7)11(9)10-12/h7-8H,3-6H2,1-2H3. The molecule has 2 saturated heterocycles. The van der Waals surface area contributed by atoms with Crippen LogP contribution in [0.3, 0.4) is 0 Å². The van der Waals surface area contributed by atoms with E-state index in [1.54, 1.807) is 5.01 Å². The van der Waals surface area contributed by atoms with Gasteiger partial charge in [0.25, 0.3) is 0 Å². The Labute approximate surface area is 73.1 Å². The van der Waals surface area contributed by atoms with Crippen molar-refractivity contribution in [1.29, 1.82) is 0 Å². The van der Waals surface area contributed by atoms with E-state index in [1.807, 2.05) is 0 Å². The maximum atomic E-state index is 10.6. The van der Waals surface area contributed by atoms with Crippen LogP contribution in [0.15, 0.2) is 5.29 Å². The molecule has 0 spiro atoms.